The smallest absolute Gasteiger partial charge is 0.368 e. The van der Waals surface area contributed by atoms with Gasteiger partial charge in [0.2, 0.25) is 0 Å². The lowest BCUT2D eigenvalue weighted by Crippen LogP contribution is -2.06. The molecule has 1 aliphatic heterocycles. The molecule has 0 unspecified atom stereocenters. The highest BCUT2D eigenvalue weighted by Gasteiger charge is 2.26. The normalized spacial score (nSPS) is 14.7. The van der Waals surface area contributed by atoms with Crippen molar-refractivity contribution in [2.24, 2.45) is 5.16 Å². The van der Waals surface area contributed by atoms with Crippen LogP contribution < -0.4 is 4.74 Å². The van der Waals surface area contributed by atoms with Crippen LogP contribution in [0.15, 0.2) is 95.7 Å². The van der Waals surface area contributed by atoms with Crippen LogP contribution in [0.5, 0.6) is 5.75 Å². The van der Waals surface area contributed by atoms with Gasteiger partial charge in [-0.05, 0) is 29.3 Å². The highest BCUT2D eigenvalue weighted by Crippen LogP contribution is 2.22. The summed E-state index contributed by atoms with van der Waals surface area (Å²) in [6, 6.07) is 27.1. The van der Waals surface area contributed by atoms with Gasteiger partial charge in [-0.2, -0.15) is 0 Å². The third-order valence-corrected chi connectivity index (χ3v) is 4.18. The van der Waals surface area contributed by atoms with Crippen LogP contribution in [-0.4, -0.2) is 11.7 Å². The molecule has 0 amide bonds. The monoisotopic (exact) mass is 355 g/mol. The number of benzene rings is 3. The average Bonchev–Trinajstić information content (AvgIpc) is 3.09. The fraction of sp³-hybridized carbons (Fsp3) is 0.0435. The summed E-state index contributed by atoms with van der Waals surface area (Å²) >= 11 is 0. The Balaban J connectivity index is 1.50. The molecule has 0 spiro atoms. The van der Waals surface area contributed by atoms with Crippen LogP contribution in [-0.2, 0) is 16.2 Å². The molecule has 4 heteroatoms. The van der Waals surface area contributed by atoms with Gasteiger partial charge >= 0.3 is 5.97 Å². The van der Waals surface area contributed by atoms with Gasteiger partial charge in [-0.25, -0.2) is 4.79 Å². The number of carbonyl (C=O) groups excluding carboxylic acids is 1. The van der Waals surface area contributed by atoms with Crippen molar-refractivity contribution < 1.29 is 14.4 Å². The van der Waals surface area contributed by atoms with Gasteiger partial charge in [-0.1, -0.05) is 78.0 Å². The molecule has 1 heterocycles. The number of hydrogen-bond donors (Lipinski definition) is 0. The van der Waals surface area contributed by atoms with E-state index in [1.165, 1.54) is 0 Å². The Morgan fingerprint density at radius 1 is 0.852 bits per heavy atom. The highest BCUT2D eigenvalue weighted by molar-refractivity contribution is 6.31. The fourth-order valence-corrected chi connectivity index (χ4v) is 2.78. The molecule has 132 valence electrons. The number of ether oxygens (including phenoxy) is 1. The third-order valence-electron chi connectivity index (χ3n) is 4.18. The van der Waals surface area contributed by atoms with Crippen LogP contribution in [0.1, 0.15) is 16.7 Å². The molecule has 0 N–H and O–H groups in total. The summed E-state index contributed by atoms with van der Waals surface area (Å²) in [5.74, 6) is 0.324. The van der Waals surface area contributed by atoms with E-state index in [9.17, 15) is 4.79 Å². The van der Waals surface area contributed by atoms with Gasteiger partial charge < -0.3 is 9.57 Å². The molecule has 0 atom stereocenters. The zero-order valence-corrected chi connectivity index (χ0v) is 14.5. The third kappa shape index (κ3) is 3.96. The van der Waals surface area contributed by atoms with Crippen LogP contribution in [0.3, 0.4) is 0 Å². The fourth-order valence-electron chi connectivity index (χ4n) is 2.78. The van der Waals surface area contributed by atoms with Gasteiger partial charge in [-0.15, -0.1) is 0 Å². The molecule has 0 aliphatic carbocycles. The molecule has 0 aromatic heterocycles. The summed E-state index contributed by atoms with van der Waals surface area (Å²) < 4.78 is 5.79. The first kappa shape index (κ1) is 16.8. The van der Waals surface area contributed by atoms with E-state index < -0.39 is 5.97 Å². The Morgan fingerprint density at radius 3 is 2.22 bits per heavy atom. The summed E-state index contributed by atoms with van der Waals surface area (Å²) in [6.07, 6.45) is 1.78. The number of hydrogen-bond acceptors (Lipinski definition) is 4. The van der Waals surface area contributed by atoms with Crippen molar-refractivity contribution in [3.63, 3.8) is 0 Å². The minimum atomic E-state index is -0.446. The summed E-state index contributed by atoms with van der Waals surface area (Å²) in [7, 11) is 0. The molecule has 3 aromatic rings. The molecule has 0 bridgehead atoms. The van der Waals surface area contributed by atoms with Gasteiger partial charge in [0.15, 0.2) is 0 Å². The maximum atomic E-state index is 12.1. The second-order valence-corrected chi connectivity index (χ2v) is 6.09. The lowest BCUT2D eigenvalue weighted by Gasteiger charge is -2.06. The second-order valence-electron chi connectivity index (χ2n) is 6.09. The molecule has 4 nitrogen and oxygen atoms in total. The van der Waals surface area contributed by atoms with Crippen molar-refractivity contribution in [2.45, 2.75) is 6.61 Å². The van der Waals surface area contributed by atoms with Crippen LogP contribution >= 0.6 is 0 Å². The van der Waals surface area contributed by atoms with Gasteiger partial charge in [0.1, 0.15) is 18.1 Å². The van der Waals surface area contributed by atoms with E-state index in [0.29, 0.717) is 17.9 Å². The Hall–Kier alpha value is -3.66. The molecule has 4 rings (SSSR count). The zero-order valence-electron chi connectivity index (χ0n) is 14.5. The van der Waals surface area contributed by atoms with Crippen LogP contribution in [0, 0.1) is 0 Å². The second kappa shape index (κ2) is 7.70. The van der Waals surface area contributed by atoms with E-state index in [0.717, 1.165) is 22.4 Å². The molecule has 0 saturated carbocycles. The maximum absolute atomic E-state index is 12.1. The van der Waals surface area contributed by atoms with E-state index in [-0.39, 0.29) is 0 Å². The van der Waals surface area contributed by atoms with Crippen molar-refractivity contribution in [1.29, 1.82) is 0 Å². The molecular weight excluding hydrogens is 338 g/mol. The topological polar surface area (TPSA) is 47.9 Å². The minimum absolute atomic E-state index is 0.444. The van der Waals surface area contributed by atoms with Crippen molar-refractivity contribution in [1.82, 2.24) is 0 Å². The molecule has 0 fully saturated rings. The van der Waals surface area contributed by atoms with E-state index in [1.807, 2.05) is 84.9 Å². The first-order chi connectivity index (χ1) is 13.3. The summed E-state index contributed by atoms with van der Waals surface area (Å²) in [6.45, 7) is 0.512. The van der Waals surface area contributed by atoms with Crippen molar-refractivity contribution in [2.75, 3.05) is 0 Å². The number of oxime groups is 1. The molecule has 0 saturated heterocycles. The Labute approximate surface area is 157 Å². The molecule has 1 aliphatic rings. The van der Waals surface area contributed by atoms with E-state index in [1.54, 1.807) is 6.08 Å². The number of carbonyl (C=O) groups is 1. The molecule has 27 heavy (non-hydrogen) atoms. The van der Waals surface area contributed by atoms with Crippen molar-refractivity contribution >= 4 is 17.8 Å². The van der Waals surface area contributed by atoms with E-state index in [4.69, 9.17) is 9.57 Å². The minimum Gasteiger partial charge on any atom is -0.489 e. The zero-order chi connectivity index (χ0) is 18.5. The van der Waals surface area contributed by atoms with Crippen molar-refractivity contribution in [3.8, 4) is 5.75 Å². The predicted octanol–water partition coefficient (Wildman–Crippen LogP) is 4.61. The largest absolute Gasteiger partial charge is 0.489 e. The number of nitrogens with zero attached hydrogens (tertiary/aromatic N) is 1. The first-order valence-electron chi connectivity index (χ1n) is 8.63. The lowest BCUT2D eigenvalue weighted by molar-refractivity contribution is -0.136. The summed E-state index contributed by atoms with van der Waals surface area (Å²) in [5, 5.41) is 3.92. The Morgan fingerprint density at radius 2 is 1.52 bits per heavy atom. The van der Waals surface area contributed by atoms with Crippen molar-refractivity contribution in [3.05, 3.63) is 107 Å². The Kier molecular flexibility index (Phi) is 4.79. The summed E-state index contributed by atoms with van der Waals surface area (Å²) in [4.78, 5) is 16.9. The SMILES string of the molecule is O=C1ON=C(c2ccccc2)/C1=C\c1ccc(OCc2ccccc2)cc1. The van der Waals surface area contributed by atoms with Gasteiger partial charge in [-0.3, -0.25) is 0 Å². The van der Waals surface area contributed by atoms with Gasteiger partial charge in [0.25, 0.3) is 0 Å². The molecule has 3 aromatic carbocycles. The summed E-state index contributed by atoms with van der Waals surface area (Å²) in [5.41, 5.74) is 3.82. The standard InChI is InChI=1S/C23H17NO3/c25-23-21(22(24-27-23)19-9-5-2-6-10-19)15-17-11-13-20(14-12-17)26-16-18-7-3-1-4-8-18/h1-15H,16H2/b21-15+. The van der Waals surface area contributed by atoms with Crippen LogP contribution in [0.4, 0.5) is 0 Å². The molecular formula is C23H17NO3. The average molecular weight is 355 g/mol. The first-order valence-corrected chi connectivity index (χ1v) is 8.63. The van der Waals surface area contributed by atoms with E-state index in [2.05, 4.69) is 5.16 Å². The van der Waals surface area contributed by atoms with E-state index >= 15 is 0 Å². The maximum Gasteiger partial charge on any atom is 0.368 e. The lowest BCUT2D eigenvalue weighted by atomic mass is 10.0. The number of rotatable bonds is 5. The Bertz CT molecular complexity index is 991. The van der Waals surface area contributed by atoms with Crippen LogP contribution in [0.2, 0.25) is 0 Å². The van der Waals surface area contributed by atoms with Gasteiger partial charge in [0.05, 0.1) is 5.57 Å². The highest BCUT2D eigenvalue weighted by atomic mass is 16.7. The van der Waals surface area contributed by atoms with Gasteiger partial charge in [0, 0.05) is 5.56 Å². The quantitative estimate of drug-likeness (QED) is 0.496. The van der Waals surface area contributed by atoms with Crippen LogP contribution in [0.25, 0.3) is 6.08 Å². The predicted molar refractivity (Wildman–Crippen MR) is 104 cm³/mol. The molecule has 0 radical (unpaired) electrons.